The van der Waals surface area contributed by atoms with Crippen LogP contribution in [-0.2, 0) is 10.0 Å². The number of halogens is 1. The minimum Gasteiger partial charge on any atom is -0.496 e. The summed E-state index contributed by atoms with van der Waals surface area (Å²) in [5.41, 5.74) is 0.329. The fourth-order valence-corrected chi connectivity index (χ4v) is 4.52. The number of amides is 1. The summed E-state index contributed by atoms with van der Waals surface area (Å²) in [6, 6.07) is 7.16. The monoisotopic (exact) mass is 456 g/mol. The summed E-state index contributed by atoms with van der Waals surface area (Å²) in [6.45, 7) is 4.16. The van der Waals surface area contributed by atoms with Crippen LogP contribution in [0.2, 0.25) is 5.02 Å². The van der Waals surface area contributed by atoms with Crippen molar-refractivity contribution in [1.29, 1.82) is 0 Å². The van der Waals surface area contributed by atoms with Gasteiger partial charge in [-0.3, -0.25) is 4.79 Å². The van der Waals surface area contributed by atoms with E-state index >= 15 is 0 Å². The largest absolute Gasteiger partial charge is 0.496 e. The molecule has 0 radical (unpaired) electrons. The number of carbonyl (C=O) groups is 1. The molecule has 0 heterocycles. The van der Waals surface area contributed by atoms with E-state index in [0.717, 1.165) is 0 Å². The highest BCUT2D eigenvalue weighted by Gasteiger charge is 2.24. The number of sulfonamides is 1. The molecule has 0 spiro atoms. The Morgan fingerprint density at radius 3 is 2.07 bits per heavy atom. The molecule has 0 unspecified atom stereocenters. The Kier molecular flexibility index (Phi) is 7.94. The van der Waals surface area contributed by atoms with Gasteiger partial charge in [-0.25, -0.2) is 8.42 Å². The molecule has 0 aliphatic carbocycles. The first-order chi connectivity index (χ1) is 14.2. The lowest BCUT2D eigenvalue weighted by Crippen LogP contribution is -2.30. The lowest BCUT2D eigenvalue weighted by Gasteiger charge is -2.19. The predicted octanol–water partition coefficient (Wildman–Crippen LogP) is 3.65. The Balaban J connectivity index is 2.45. The van der Waals surface area contributed by atoms with Crippen molar-refractivity contribution in [3.8, 4) is 17.2 Å². The molecule has 0 bridgehead atoms. The average molecular weight is 457 g/mol. The highest BCUT2D eigenvalue weighted by molar-refractivity contribution is 7.89. The molecule has 1 N–H and O–H groups in total. The topological polar surface area (TPSA) is 94.2 Å². The Morgan fingerprint density at radius 1 is 0.967 bits per heavy atom. The van der Waals surface area contributed by atoms with E-state index in [-0.39, 0.29) is 26.9 Å². The predicted molar refractivity (Wildman–Crippen MR) is 116 cm³/mol. The lowest BCUT2D eigenvalue weighted by molar-refractivity contribution is 0.102. The number of hydrogen-bond acceptors (Lipinski definition) is 6. The number of ether oxygens (including phenoxy) is 3. The lowest BCUT2D eigenvalue weighted by atomic mass is 10.1. The van der Waals surface area contributed by atoms with Gasteiger partial charge in [-0.2, -0.15) is 4.31 Å². The maximum Gasteiger partial charge on any atom is 0.259 e. The smallest absolute Gasteiger partial charge is 0.259 e. The van der Waals surface area contributed by atoms with Crippen LogP contribution in [0.25, 0.3) is 0 Å². The highest BCUT2D eigenvalue weighted by Crippen LogP contribution is 2.35. The second-order valence-corrected chi connectivity index (χ2v) is 8.44. The fraction of sp³-hybridized carbons (Fsp3) is 0.350. The number of nitrogens with zero attached hydrogens (tertiary/aromatic N) is 1. The first-order valence-corrected chi connectivity index (χ1v) is 11.0. The van der Waals surface area contributed by atoms with Crippen molar-refractivity contribution < 1.29 is 27.4 Å². The van der Waals surface area contributed by atoms with Crippen LogP contribution in [0.5, 0.6) is 17.2 Å². The molecule has 1 amide bonds. The van der Waals surface area contributed by atoms with E-state index in [9.17, 15) is 13.2 Å². The van der Waals surface area contributed by atoms with Gasteiger partial charge in [-0.05, 0) is 18.2 Å². The number of anilines is 1. The Bertz CT molecular complexity index is 1020. The van der Waals surface area contributed by atoms with Crippen LogP contribution in [0.15, 0.2) is 35.2 Å². The molecule has 0 fully saturated rings. The zero-order valence-electron chi connectivity index (χ0n) is 17.5. The molecule has 0 saturated heterocycles. The van der Waals surface area contributed by atoms with Crippen LogP contribution in [-0.4, -0.2) is 53.0 Å². The fourth-order valence-electron chi connectivity index (χ4n) is 2.87. The SMILES string of the molecule is CCN(CC)S(=O)(=O)c1ccc(Cl)c(NC(=O)c2cc(OC)c(OC)cc2OC)c1. The molecule has 2 aromatic rings. The van der Waals surface area contributed by atoms with Crippen LogP contribution in [0, 0.1) is 0 Å². The van der Waals surface area contributed by atoms with Gasteiger partial charge in [0.05, 0.1) is 42.5 Å². The molecule has 8 nitrogen and oxygen atoms in total. The van der Waals surface area contributed by atoms with Gasteiger partial charge in [0.1, 0.15) is 5.75 Å². The summed E-state index contributed by atoms with van der Waals surface area (Å²) < 4.78 is 42.6. The third-order valence-corrected chi connectivity index (χ3v) is 6.85. The Hall–Kier alpha value is -2.49. The van der Waals surface area contributed by atoms with E-state index in [0.29, 0.717) is 24.6 Å². The number of benzene rings is 2. The van der Waals surface area contributed by atoms with Gasteiger partial charge >= 0.3 is 0 Å². The molecule has 0 atom stereocenters. The number of methoxy groups -OCH3 is 3. The van der Waals surface area contributed by atoms with E-state index in [1.54, 1.807) is 13.8 Å². The average Bonchev–Trinajstić information content (AvgIpc) is 2.74. The second-order valence-electron chi connectivity index (χ2n) is 6.09. The van der Waals surface area contributed by atoms with Crippen LogP contribution in [0.1, 0.15) is 24.2 Å². The number of carbonyl (C=O) groups excluding carboxylic acids is 1. The van der Waals surface area contributed by atoms with Gasteiger partial charge in [0, 0.05) is 25.2 Å². The van der Waals surface area contributed by atoms with E-state index in [2.05, 4.69) is 5.32 Å². The molecule has 0 aromatic heterocycles. The quantitative estimate of drug-likeness (QED) is 0.619. The molecule has 2 rings (SSSR count). The highest BCUT2D eigenvalue weighted by atomic mass is 35.5. The van der Waals surface area contributed by atoms with Crippen molar-refractivity contribution in [3.05, 3.63) is 40.9 Å². The van der Waals surface area contributed by atoms with Crippen LogP contribution in [0.4, 0.5) is 5.69 Å². The maximum atomic E-state index is 12.9. The van der Waals surface area contributed by atoms with E-state index < -0.39 is 15.9 Å². The number of nitrogens with one attached hydrogen (secondary N) is 1. The zero-order valence-corrected chi connectivity index (χ0v) is 19.1. The molecular weight excluding hydrogens is 432 g/mol. The van der Waals surface area contributed by atoms with Crippen molar-refractivity contribution in [3.63, 3.8) is 0 Å². The molecule has 0 aliphatic heterocycles. The van der Waals surface area contributed by atoms with Crippen molar-refractivity contribution in [2.24, 2.45) is 0 Å². The van der Waals surface area contributed by atoms with E-state index in [1.807, 2.05) is 0 Å². The molecule has 0 aliphatic rings. The molecule has 164 valence electrons. The van der Waals surface area contributed by atoms with Crippen LogP contribution >= 0.6 is 11.6 Å². The van der Waals surface area contributed by atoms with Gasteiger partial charge in [0.2, 0.25) is 10.0 Å². The molecule has 10 heteroatoms. The summed E-state index contributed by atoms with van der Waals surface area (Å²) in [4.78, 5) is 12.9. The minimum atomic E-state index is -3.71. The standard InChI is InChI=1S/C20H25ClN2O6S/c1-6-23(7-2)30(25,26)13-8-9-15(21)16(10-13)22-20(24)14-11-18(28-4)19(29-5)12-17(14)27-3/h8-12H,6-7H2,1-5H3,(H,22,24). The van der Waals surface area contributed by atoms with Gasteiger partial charge in [0.25, 0.3) is 5.91 Å². The third kappa shape index (κ3) is 4.80. The first-order valence-electron chi connectivity index (χ1n) is 9.14. The molecule has 2 aromatic carbocycles. The van der Waals surface area contributed by atoms with Crippen molar-refractivity contribution in [2.45, 2.75) is 18.7 Å². The van der Waals surface area contributed by atoms with Crippen LogP contribution < -0.4 is 19.5 Å². The summed E-state index contributed by atoms with van der Waals surface area (Å²) in [7, 11) is 0.627. The van der Waals surface area contributed by atoms with Crippen molar-refractivity contribution >= 4 is 33.2 Å². The number of hydrogen-bond donors (Lipinski definition) is 1. The molecular formula is C20H25ClN2O6S. The van der Waals surface area contributed by atoms with Crippen molar-refractivity contribution in [2.75, 3.05) is 39.7 Å². The normalized spacial score (nSPS) is 11.3. The molecule has 30 heavy (non-hydrogen) atoms. The Labute approximate surface area is 181 Å². The molecule has 0 saturated carbocycles. The second kappa shape index (κ2) is 10.0. The summed E-state index contributed by atoms with van der Waals surface area (Å²) >= 11 is 6.21. The third-order valence-electron chi connectivity index (χ3n) is 4.48. The van der Waals surface area contributed by atoms with Gasteiger partial charge in [-0.15, -0.1) is 0 Å². The van der Waals surface area contributed by atoms with Gasteiger partial charge < -0.3 is 19.5 Å². The summed E-state index contributed by atoms with van der Waals surface area (Å²) in [6.07, 6.45) is 0. The zero-order chi connectivity index (χ0) is 22.5. The maximum absolute atomic E-state index is 12.9. The Morgan fingerprint density at radius 2 is 1.53 bits per heavy atom. The minimum absolute atomic E-state index is 0.0326. The van der Waals surface area contributed by atoms with E-state index in [4.69, 9.17) is 25.8 Å². The summed E-state index contributed by atoms with van der Waals surface area (Å²) in [5, 5.41) is 2.84. The van der Waals surface area contributed by atoms with Gasteiger partial charge in [-0.1, -0.05) is 25.4 Å². The van der Waals surface area contributed by atoms with Crippen LogP contribution in [0.3, 0.4) is 0 Å². The van der Waals surface area contributed by atoms with E-state index in [1.165, 1.54) is 56.0 Å². The summed E-state index contributed by atoms with van der Waals surface area (Å²) in [5.74, 6) is 0.448. The number of rotatable bonds is 9. The van der Waals surface area contributed by atoms with Gasteiger partial charge in [0.15, 0.2) is 11.5 Å². The first kappa shape index (κ1) is 23.8. The van der Waals surface area contributed by atoms with Crippen molar-refractivity contribution in [1.82, 2.24) is 4.31 Å².